The van der Waals surface area contributed by atoms with Gasteiger partial charge in [0.1, 0.15) is 5.82 Å². The smallest absolute Gasteiger partial charge is 0.329 e. The third-order valence-corrected chi connectivity index (χ3v) is 9.53. The van der Waals surface area contributed by atoms with Crippen LogP contribution in [-0.2, 0) is 0 Å². The molecule has 47 heavy (non-hydrogen) atoms. The number of urea groups is 1. The summed E-state index contributed by atoms with van der Waals surface area (Å²) in [7, 11) is 0. The molecule has 11 heteroatoms. The lowest BCUT2D eigenvalue weighted by Gasteiger charge is -2.35. The minimum Gasteiger partial charge on any atom is -0.366 e. The molecule has 2 atom stereocenters. The third kappa shape index (κ3) is 5.92. The Kier molecular flexibility index (Phi) is 7.79. The molecule has 236 valence electrons. The number of carbonyl (C=O) groups is 1. The fourth-order valence-corrected chi connectivity index (χ4v) is 7.18. The van der Waals surface area contributed by atoms with Gasteiger partial charge in [-0.2, -0.15) is 0 Å². The largest absolute Gasteiger partial charge is 0.366 e. The van der Waals surface area contributed by atoms with Crippen LogP contribution in [0.25, 0.3) is 22.5 Å². The van der Waals surface area contributed by atoms with E-state index >= 15 is 0 Å². The zero-order valence-corrected chi connectivity index (χ0v) is 27.0. The van der Waals surface area contributed by atoms with Crippen LogP contribution in [0.5, 0.6) is 0 Å². The predicted octanol–water partition coefficient (Wildman–Crippen LogP) is 7.83. The number of halogens is 2. The topological polar surface area (TPSA) is 89.5 Å². The quantitative estimate of drug-likeness (QED) is 0.203. The fraction of sp³-hybridized carbons (Fsp3) is 0.222. The lowest BCUT2D eigenvalue weighted by atomic mass is 10.1. The molecule has 5 aromatic rings. The molecule has 3 aromatic heterocycles. The maximum atomic E-state index is 13.1. The van der Waals surface area contributed by atoms with Crippen molar-refractivity contribution in [2.45, 2.75) is 24.9 Å². The van der Waals surface area contributed by atoms with Crippen molar-refractivity contribution in [1.29, 1.82) is 0 Å². The molecule has 0 saturated carbocycles. The fourth-order valence-electron chi connectivity index (χ4n) is 6.80. The van der Waals surface area contributed by atoms with Crippen LogP contribution in [0.3, 0.4) is 0 Å². The zero-order chi connectivity index (χ0) is 31.9. The van der Waals surface area contributed by atoms with Crippen molar-refractivity contribution in [3.8, 4) is 22.5 Å². The summed E-state index contributed by atoms with van der Waals surface area (Å²) in [4.78, 5) is 33.4. The summed E-state index contributed by atoms with van der Waals surface area (Å²) >= 11 is 12.2. The van der Waals surface area contributed by atoms with E-state index in [9.17, 15) is 4.79 Å². The number of anilines is 5. The first-order valence-corrected chi connectivity index (χ1v) is 16.6. The summed E-state index contributed by atoms with van der Waals surface area (Å²) in [5, 5.41) is 7.83. The maximum Gasteiger partial charge on any atom is 0.329 e. The highest BCUT2D eigenvalue weighted by Gasteiger charge is 2.40. The van der Waals surface area contributed by atoms with Crippen molar-refractivity contribution in [2.24, 2.45) is 0 Å². The third-order valence-electron chi connectivity index (χ3n) is 9.06. The molecule has 7 heterocycles. The number of fused-ring (bicyclic) bond motifs is 8. The number of pyridine rings is 3. The number of aromatic nitrogens is 3. The van der Waals surface area contributed by atoms with Gasteiger partial charge in [-0.15, -0.1) is 0 Å². The Morgan fingerprint density at radius 1 is 0.766 bits per heavy atom. The molecule has 0 spiro atoms. The Hall–Kier alpha value is -4.86. The van der Waals surface area contributed by atoms with Crippen LogP contribution in [0.2, 0.25) is 10.0 Å². The van der Waals surface area contributed by atoms with Gasteiger partial charge in [0.05, 0.1) is 28.8 Å². The molecule has 2 saturated heterocycles. The molecule has 4 bridgehead atoms. The Balaban J connectivity index is 0.000000148. The highest BCUT2D eigenvalue weighted by Crippen LogP contribution is 2.41. The van der Waals surface area contributed by atoms with E-state index in [0.29, 0.717) is 22.7 Å². The van der Waals surface area contributed by atoms with Gasteiger partial charge in [0.15, 0.2) is 11.6 Å². The first-order valence-electron chi connectivity index (χ1n) is 15.8. The first-order chi connectivity index (χ1) is 23.0. The SMILES string of the molecule is Clc1cccc(-c2ccc3c(n2)N[C@H]2CCN3C2)c1.O=C(Nc1ccccn1)N1c2nc(-c3cccc(Cl)c3)ccc2N2CC[C@H]1C2. The highest BCUT2D eigenvalue weighted by molar-refractivity contribution is 6.31. The predicted molar refractivity (Wildman–Crippen MR) is 190 cm³/mol. The summed E-state index contributed by atoms with van der Waals surface area (Å²) in [6.07, 6.45) is 3.77. The molecule has 4 aliphatic heterocycles. The lowest BCUT2D eigenvalue weighted by molar-refractivity contribution is 0.254. The van der Waals surface area contributed by atoms with Gasteiger partial charge in [-0.3, -0.25) is 10.2 Å². The number of nitrogens with one attached hydrogen (secondary N) is 2. The van der Waals surface area contributed by atoms with Crippen LogP contribution in [0.4, 0.5) is 33.6 Å². The van der Waals surface area contributed by atoms with Gasteiger partial charge >= 0.3 is 6.03 Å². The summed E-state index contributed by atoms with van der Waals surface area (Å²) in [5.41, 5.74) is 5.95. The van der Waals surface area contributed by atoms with Crippen molar-refractivity contribution < 1.29 is 4.79 Å². The average Bonchev–Trinajstić information content (AvgIpc) is 3.69. The maximum absolute atomic E-state index is 13.1. The summed E-state index contributed by atoms with van der Waals surface area (Å²) in [5.74, 6) is 2.21. The minimum atomic E-state index is -0.206. The van der Waals surface area contributed by atoms with Crippen molar-refractivity contribution in [3.05, 3.63) is 107 Å². The van der Waals surface area contributed by atoms with E-state index in [1.54, 1.807) is 17.2 Å². The van der Waals surface area contributed by atoms with Crippen molar-refractivity contribution >= 4 is 58.1 Å². The van der Waals surface area contributed by atoms with Gasteiger partial charge in [-0.05, 0) is 73.5 Å². The summed E-state index contributed by atoms with van der Waals surface area (Å²) < 4.78 is 0. The highest BCUT2D eigenvalue weighted by atomic mass is 35.5. The van der Waals surface area contributed by atoms with E-state index in [-0.39, 0.29) is 12.1 Å². The van der Waals surface area contributed by atoms with Crippen LogP contribution >= 0.6 is 23.2 Å². The average molecular weight is 664 g/mol. The molecule has 9 rings (SSSR count). The first kappa shape index (κ1) is 29.5. The molecule has 2 amide bonds. The van der Waals surface area contributed by atoms with Crippen molar-refractivity contribution in [3.63, 3.8) is 0 Å². The van der Waals surface area contributed by atoms with E-state index in [4.69, 9.17) is 33.2 Å². The molecular weight excluding hydrogens is 631 g/mol. The molecule has 0 unspecified atom stereocenters. The minimum absolute atomic E-state index is 0.0957. The van der Waals surface area contributed by atoms with Crippen LogP contribution in [0.15, 0.2) is 97.2 Å². The second kappa shape index (κ2) is 12.4. The second-order valence-electron chi connectivity index (χ2n) is 12.1. The second-order valence-corrected chi connectivity index (χ2v) is 13.0. The number of carbonyl (C=O) groups excluding carboxylic acids is 1. The number of nitrogens with zero attached hydrogens (tertiary/aromatic N) is 6. The van der Waals surface area contributed by atoms with Crippen LogP contribution in [0, 0.1) is 0 Å². The van der Waals surface area contributed by atoms with Gasteiger partial charge in [-0.1, -0.05) is 53.5 Å². The summed E-state index contributed by atoms with van der Waals surface area (Å²) in [6, 6.07) is 29.6. The van der Waals surface area contributed by atoms with Crippen molar-refractivity contribution in [1.82, 2.24) is 15.0 Å². The molecule has 9 nitrogen and oxygen atoms in total. The van der Waals surface area contributed by atoms with E-state index in [2.05, 4.69) is 37.6 Å². The van der Waals surface area contributed by atoms with E-state index in [0.717, 1.165) is 71.6 Å². The Labute approximate surface area is 283 Å². The molecular formula is C36H32Cl2N8O. The Morgan fingerprint density at radius 3 is 2.19 bits per heavy atom. The van der Waals surface area contributed by atoms with Crippen LogP contribution < -0.4 is 25.3 Å². The number of benzene rings is 2. The molecule has 2 aromatic carbocycles. The van der Waals surface area contributed by atoms with Crippen LogP contribution in [0.1, 0.15) is 12.8 Å². The van der Waals surface area contributed by atoms with Gasteiger partial charge in [-0.25, -0.2) is 19.7 Å². The Bertz CT molecular complexity index is 1960. The van der Waals surface area contributed by atoms with Gasteiger partial charge < -0.3 is 15.1 Å². The van der Waals surface area contributed by atoms with Crippen LogP contribution in [-0.4, -0.2) is 59.2 Å². The van der Waals surface area contributed by atoms with E-state index in [1.807, 2.05) is 72.8 Å². The van der Waals surface area contributed by atoms with Gasteiger partial charge in [0.25, 0.3) is 0 Å². The van der Waals surface area contributed by atoms with E-state index in [1.165, 1.54) is 12.1 Å². The molecule has 4 aliphatic rings. The van der Waals surface area contributed by atoms with E-state index < -0.39 is 0 Å². The molecule has 0 aliphatic carbocycles. The summed E-state index contributed by atoms with van der Waals surface area (Å²) in [6.45, 7) is 3.97. The normalized spacial score (nSPS) is 18.5. The zero-order valence-electron chi connectivity index (χ0n) is 25.5. The lowest BCUT2D eigenvalue weighted by Crippen LogP contribution is -2.48. The number of rotatable bonds is 3. The van der Waals surface area contributed by atoms with Crippen molar-refractivity contribution in [2.75, 3.05) is 51.5 Å². The molecule has 0 radical (unpaired) electrons. The molecule has 2 fully saturated rings. The number of amides is 2. The standard InChI is InChI=1S/C21H18ClN5O.C15H14ClN3/c22-15-5-3-4-14(12-15)17-7-8-18-20(24-17)27(16-9-11-26(18)13-16)21(28)25-19-6-1-2-10-23-19;16-11-3-1-2-10(8-11)13-4-5-14-15(18-13)17-12-6-7-19(14)9-12/h1-8,10,12,16H,9,11,13H2,(H,23,25,28);1-5,8,12H,6-7,9H2,(H,17,18)/t16-;12-/m00/s1. The van der Waals surface area contributed by atoms with Gasteiger partial charge in [0, 0.05) is 59.6 Å². The Morgan fingerprint density at radius 2 is 1.47 bits per heavy atom. The molecule has 2 N–H and O–H groups in total. The number of hydrogen-bond acceptors (Lipinski definition) is 7. The monoisotopic (exact) mass is 662 g/mol. The van der Waals surface area contributed by atoms with Gasteiger partial charge in [0.2, 0.25) is 0 Å². The number of hydrogen-bond donors (Lipinski definition) is 2.